The van der Waals surface area contributed by atoms with Gasteiger partial charge in [-0.15, -0.1) is 0 Å². The van der Waals surface area contributed by atoms with Gasteiger partial charge in [-0.3, -0.25) is 24.0 Å². The molecule has 0 spiro atoms. The van der Waals surface area contributed by atoms with Crippen molar-refractivity contribution in [3.8, 4) is 0 Å². The van der Waals surface area contributed by atoms with Gasteiger partial charge in [0.1, 0.15) is 6.04 Å². The minimum atomic E-state index is -1.34. The molecule has 2 aliphatic rings. The summed E-state index contributed by atoms with van der Waals surface area (Å²) < 4.78 is 10.9. The van der Waals surface area contributed by atoms with Gasteiger partial charge in [0.15, 0.2) is 0 Å². The van der Waals surface area contributed by atoms with Crippen LogP contribution in [0.1, 0.15) is 92.4 Å². The molecule has 17 nitrogen and oxygen atoms in total. The second kappa shape index (κ2) is 22.4. The Morgan fingerprint density at radius 2 is 1.40 bits per heavy atom. The summed E-state index contributed by atoms with van der Waals surface area (Å²) in [5.41, 5.74) is -1.07. The van der Waals surface area contributed by atoms with Crippen molar-refractivity contribution in [2.75, 3.05) is 45.3 Å². The smallest absolute Gasteiger partial charge is 0.326 e. The van der Waals surface area contributed by atoms with E-state index in [1.54, 1.807) is 11.8 Å². The number of hydrogen-bond donors (Lipinski definition) is 8. The molecule has 0 aliphatic carbocycles. The molecule has 2 saturated heterocycles. The standard InChI is InChI=1S/C34H59N7O10S/c1-22(42)40-33(2,3)13-11-28(45)41-34(4,5)12-10-26(43)35-14-16-50-18-19-51-17-15-36-29(46)20-23(31(47)48)37-27(44)9-7-6-8-25-30-24(21-52-25)38-32(49)39-30/h23-25,30H,6-21H2,1-5H3,(H,35,43)(H,36,46)(H,37,44)(H,40,42)(H,41,45)(H,47,48)(H2,38,39,49). The maximum Gasteiger partial charge on any atom is 0.326 e. The van der Waals surface area contributed by atoms with Crippen molar-refractivity contribution in [2.24, 2.45) is 0 Å². The summed E-state index contributed by atoms with van der Waals surface area (Å²) in [4.78, 5) is 83.6. The zero-order valence-corrected chi connectivity index (χ0v) is 32.0. The van der Waals surface area contributed by atoms with Crippen LogP contribution in [-0.4, -0.2) is 126 Å². The van der Waals surface area contributed by atoms with Crippen molar-refractivity contribution in [2.45, 2.75) is 127 Å². The van der Waals surface area contributed by atoms with Gasteiger partial charge in [0, 0.05) is 61.4 Å². The SMILES string of the molecule is CC(=O)NC(C)(C)CCC(=O)NC(C)(C)CCC(=O)NCCOCCOCCNC(=O)CC(NC(=O)CCCCC1SCC2NC(=O)NC21)C(=O)O. The lowest BCUT2D eigenvalue weighted by Gasteiger charge is -2.28. The normalized spacial score (nSPS) is 18.7. The molecular formula is C34H59N7O10S. The van der Waals surface area contributed by atoms with E-state index in [1.165, 1.54) is 6.92 Å². The van der Waals surface area contributed by atoms with Crippen LogP contribution >= 0.6 is 11.8 Å². The molecule has 2 fully saturated rings. The number of urea groups is 1. The number of carbonyl (C=O) groups excluding carboxylic acids is 6. The summed E-state index contributed by atoms with van der Waals surface area (Å²) in [6.07, 6.45) is 3.31. The van der Waals surface area contributed by atoms with Crippen molar-refractivity contribution in [1.29, 1.82) is 0 Å². The fourth-order valence-corrected chi connectivity index (χ4v) is 7.37. The number of ether oxygens (including phenoxy) is 2. The predicted octanol–water partition coefficient (Wildman–Crippen LogP) is 0.307. The second-order valence-corrected chi connectivity index (χ2v) is 15.7. The molecule has 52 heavy (non-hydrogen) atoms. The Bertz CT molecular complexity index is 1230. The number of carboxylic acid groups (broad SMARTS) is 1. The van der Waals surface area contributed by atoms with E-state index in [0.29, 0.717) is 25.8 Å². The minimum absolute atomic E-state index is 0.0971. The first kappa shape index (κ1) is 44.5. The van der Waals surface area contributed by atoms with E-state index >= 15 is 0 Å². The Morgan fingerprint density at radius 3 is 2.02 bits per heavy atom. The summed E-state index contributed by atoms with van der Waals surface area (Å²) in [5.74, 6) is -1.86. The van der Waals surface area contributed by atoms with Crippen LogP contribution in [0.15, 0.2) is 0 Å². The second-order valence-electron chi connectivity index (χ2n) is 14.5. The number of hydrogen-bond acceptors (Lipinski definition) is 10. The van der Waals surface area contributed by atoms with E-state index in [9.17, 15) is 38.7 Å². The highest BCUT2D eigenvalue weighted by molar-refractivity contribution is 8.00. The number of thioether (sulfide) groups is 1. The first-order valence-corrected chi connectivity index (χ1v) is 19.0. The van der Waals surface area contributed by atoms with Crippen LogP contribution < -0.4 is 37.2 Å². The van der Waals surface area contributed by atoms with Gasteiger partial charge in [-0.25, -0.2) is 9.59 Å². The third-order valence-corrected chi connectivity index (χ3v) is 10.1. The number of unbranched alkanes of at least 4 members (excludes halogenated alkanes) is 1. The van der Waals surface area contributed by atoms with Crippen LogP contribution in [0.4, 0.5) is 4.79 Å². The quantitative estimate of drug-likeness (QED) is 0.0441. The van der Waals surface area contributed by atoms with Crippen molar-refractivity contribution in [3.05, 3.63) is 0 Å². The van der Waals surface area contributed by atoms with Crippen molar-refractivity contribution in [3.63, 3.8) is 0 Å². The fraction of sp³-hybridized carbons (Fsp3) is 0.794. The Hall–Kier alpha value is -3.64. The highest BCUT2D eigenvalue weighted by atomic mass is 32.2. The zero-order valence-electron chi connectivity index (χ0n) is 31.2. The maximum absolute atomic E-state index is 12.4. The summed E-state index contributed by atoms with van der Waals surface area (Å²) >= 11 is 1.79. The van der Waals surface area contributed by atoms with E-state index in [2.05, 4.69) is 37.2 Å². The monoisotopic (exact) mass is 757 g/mol. The van der Waals surface area contributed by atoms with Gasteiger partial charge < -0.3 is 51.8 Å². The van der Waals surface area contributed by atoms with Gasteiger partial charge in [-0.05, 0) is 53.4 Å². The molecule has 0 aromatic heterocycles. The molecule has 296 valence electrons. The van der Waals surface area contributed by atoms with Crippen molar-refractivity contribution >= 4 is 53.3 Å². The molecule has 0 radical (unpaired) electrons. The largest absolute Gasteiger partial charge is 0.480 e. The van der Waals surface area contributed by atoms with Crippen LogP contribution in [0.5, 0.6) is 0 Å². The summed E-state index contributed by atoms with van der Waals surface area (Å²) in [6, 6.07) is -1.25. The molecule has 7 amide bonds. The number of fused-ring (bicyclic) bond motifs is 1. The number of nitrogens with one attached hydrogen (secondary N) is 7. The molecule has 4 atom stereocenters. The van der Waals surface area contributed by atoms with Gasteiger partial charge in [0.05, 0.1) is 44.9 Å². The average molecular weight is 758 g/mol. The van der Waals surface area contributed by atoms with E-state index in [-0.39, 0.29) is 93.3 Å². The molecule has 18 heteroatoms. The summed E-state index contributed by atoms with van der Waals surface area (Å²) in [7, 11) is 0. The minimum Gasteiger partial charge on any atom is -0.480 e. The van der Waals surface area contributed by atoms with E-state index in [0.717, 1.165) is 18.6 Å². The zero-order chi connectivity index (χ0) is 38.7. The Morgan fingerprint density at radius 1 is 0.808 bits per heavy atom. The van der Waals surface area contributed by atoms with Gasteiger partial charge in [0.25, 0.3) is 0 Å². The van der Waals surface area contributed by atoms with E-state index in [4.69, 9.17) is 9.47 Å². The highest BCUT2D eigenvalue weighted by Gasteiger charge is 2.42. The molecule has 2 heterocycles. The molecular weight excluding hydrogens is 698 g/mol. The van der Waals surface area contributed by atoms with Crippen LogP contribution in [0.3, 0.4) is 0 Å². The number of amides is 7. The number of rotatable bonds is 26. The number of carbonyl (C=O) groups is 7. The Balaban J connectivity index is 1.45. The molecule has 4 unspecified atom stereocenters. The van der Waals surface area contributed by atoms with Crippen LogP contribution in [-0.2, 0) is 38.2 Å². The fourth-order valence-electron chi connectivity index (χ4n) is 5.83. The molecule has 2 aliphatic heterocycles. The molecule has 0 saturated carbocycles. The van der Waals surface area contributed by atoms with Gasteiger partial charge in [0.2, 0.25) is 29.5 Å². The lowest BCUT2D eigenvalue weighted by atomic mass is 9.95. The lowest BCUT2D eigenvalue weighted by Crippen LogP contribution is -2.46. The van der Waals surface area contributed by atoms with Gasteiger partial charge in [-0.2, -0.15) is 11.8 Å². The first-order chi connectivity index (χ1) is 24.5. The van der Waals surface area contributed by atoms with Crippen LogP contribution in [0.2, 0.25) is 0 Å². The van der Waals surface area contributed by atoms with Crippen molar-refractivity contribution < 1.29 is 48.1 Å². The van der Waals surface area contributed by atoms with Crippen LogP contribution in [0, 0.1) is 0 Å². The van der Waals surface area contributed by atoms with Gasteiger partial charge >= 0.3 is 12.0 Å². The first-order valence-electron chi connectivity index (χ1n) is 18.0. The lowest BCUT2D eigenvalue weighted by molar-refractivity contribution is -0.143. The molecule has 0 bridgehead atoms. The highest BCUT2D eigenvalue weighted by Crippen LogP contribution is 2.33. The van der Waals surface area contributed by atoms with E-state index < -0.39 is 41.3 Å². The van der Waals surface area contributed by atoms with E-state index in [1.807, 2.05) is 27.7 Å². The topological polar surface area (TPSA) is 242 Å². The van der Waals surface area contributed by atoms with Crippen molar-refractivity contribution in [1.82, 2.24) is 37.2 Å². The Kier molecular flexibility index (Phi) is 19.2. The third-order valence-electron chi connectivity index (χ3n) is 8.56. The molecule has 0 aromatic rings. The third kappa shape index (κ3) is 18.7. The molecule has 2 rings (SSSR count). The average Bonchev–Trinajstić information content (AvgIpc) is 3.60. The molecule has 8 N–H and O–H groups in total. The Labute approximate surface area is 310 Å². The summed E-state index contributed by atoms with van der Waals surface area (Å²) in [6.45, 7) is 10.3. The summed E-state index contributed by atoms with van der Waals surface area (Å²) in [5, 5.41) is 29.1. The molecule has 0 aromatic carbocycles. The van der Waals surface area contributed by atoms with Gasteiger partial charge in [-0.1, -0.05) is 6.42 Å². The van der Waals surface area contributed by atoms with Crippen LogP contribution in [0.25, 0.3) is 0 Å². The predicted molar refractivity (Wildman–Crippen MR) is 194 cm³/mol. The number of carboxylic acids is 1. The maximum atomic E-state index is 12.4. The number of aliphatic carboxylic acids is 1.